The normalized spacial score (nSPS) is 11.5. The van der Waals surface area contributed by atoms with Gasteiger partial charge in [-0.05, 0) is 18.6 Å². The number of aromatic nitrogens is 6. The summed E-state index contributed by atoms with van der Waals surface area (Å²) in [7, 11) is 3.06. The second kappa shape index (κ2) is 5.91. The number of fused-ring (bicyclic) bond motifs is 3. The van der Waals surface area contributed by atoms with Crippen molar-refractivity contribution in [2.75, 3.05) is 0 Å². The molecule has 132 valence electrons. The van der Waals surface area contributed by atoms with Gasteiger partial charge in [0.25, 0.3) is 5.56 Å². The molecule has 26 heavy (non-hydrogen) atoms. The van der Waals surface area contributed by atoms with E-state index in [1.807, 2.05) is 34.9 Å². The second-order valence-electron chi connectivity index (χ2n) is 6.29. The zero-order valence-electron chi connectivity index (χ0n) is 14.9. The standard InChI is InChI=1S/C18H18N6O2/c1-4-10-24-14(11-8-6-5-7-9-11)19-13-12-15(20-21-16(13)24)22(2)18(26)23(3)17(12)25/h5-9H,4,10H2,1-3H3/p+1. The minimum absolute atomic E-state index is 0.273. The molecule has 0 saturated carbocycles. The van der Waals surface area contributed by atoms with Gasteiger partial charge in [-0.3, -0.25) is 18.9 Å². The van der Waals surface area contributed by atoms with E-state index < -0.39 is 5.69 Å². The lowest BCUT2D eigenvalue weighted by Gasteiger charge is -2.04. The Hall–Kier alpha value is -3.29. The lowest BCUT2D eigenvalue weighted by molar-refractivity contribution is -0.662. The van der Waals surface area contributed by atoms with Gasteiger partial charge in [-0.15, -0.1) is 0 Å². The summed E-state index contributed by atoms with van der Waals surface area (Å²) in [4.78, 5) is 28.3. The van der Waals surface area contributed by atoms with E-state index in [2.05, 4.69) is 22.1 Å². The van der Waals surface area contributed by atoms with Crippen LogP contribution in [0.1, 0.15) is 13.3 Å². The number of H-pyrrole nitrogens is 1. The summed E-state index contributed by atoms with van der Waals surface area (Å²) < 4.78 is 4.47. The van der Waals surface area contributed by atoms with E-state index in [1.165, 1.54) is 11.6 Å². The molecule has 0 aliphatic carbocycles. The summed E-state index contributed by atoms with van der Waals surface area (Å²) in [5.74, 6) is 0.861. The smallest absolute Gasteiger partial charge is 0.278 e. The van der Waals surface area contributed by atoms with E-state index >= 15 is 0 Å². The first kappa shape index (κ1) is 16.2. The highest BCUT2D eigenvalue weighted by Crippen LogP contribution is 2.21. The van der Waals surface area contributed by atoms with Gasteiger partial charge in [-0.2, -0.15) is 0 Å². The Balaban J connectivity index is 2.20. The van der Waals surface area contributed by atoms with E-state index in [0.717, 1.165) is 28.9 Å². The number of rotatable bonds is 3. The molecule has 3 heterocycles. The third kappa shape index (κ3) is 2.18. The molecule has 8 nitrogen and oxygen atoms in total. The summed E-state index contributed by atoms with van der Waals surface area (Å²) in [6, 6.07) is 9.88. The van der Waals surface area contributed by atoms with Crippen LogP contribution in [0, 0.1) is 0 Å². The molecule has 0 spiro atoms. The van der Waals surface area contributed by atoms with Crippen molar-refractivity contribution in [1.29, 1.82) is 0 Å². The molecule has 0 aliphatic heterocycles. The summed E-state index contributed by atoms with van der Waals surface area (Å²) in [6.07, 6.45) is 0.905. The average molecular weight is 351 g/mol. The third-order valence-corrected chi connectivity index (χ3v) is 4.61. The molecule has 1 N–H and O–H groups in total. The van der Waals surface area contributed by atoms with Gasteiger partial charge in [0.15, 0.2) is 11.2 Å². The number of aromatic amines is 1. The summed E-state index contributed by atoms with van der Waals surface area (Å²) in [5.41, 5.74) is 1.66. The minimum Gasteiger partial charge on any atom is -0.278 e. The molecule has 4 aromatic rings. The Morgan fingerprint density at radius 3 is 2.50 bits per heavy atom. The van der Waals surface area contributed by atoms with Crippen LogP contribution in [-0.4, -0.2) is 24.3 Å². The predicted octanol–water partition coefficient (Wildman–Crippen LogP) is 0.873. The SMILES string of the molecule is CCC[n+]1c(-c2ccccc2)[nH]c2c3c(=O)n(C)c(=O)n(C)c3nnc21. The van der Waals surface area contributed by atoms with Crippen molar-refractivity contribution in [3.63, 3.8) is 0 Å². The molecule has 0 aliphatic rings. The Bertz CT molecular complexity index is 1250. The van der Waals surface area contributed by atoms with Crippen LogP contribution in [0.4, 0.5) is 0 Å². The van der Waals surface area contributed by atoms with E-state index in [0.29, 0.717) is 16.6 Å². The molecule has 1 aromatic carbocycles. The number of nitrogens with one attached hydrogen (secondary N) is 1. The molecule has 0 unspecified atom stereocenters. The van der Waals surface area contributed by atoms with Crippen molar-refractivity contribution in [3.05, 3.63) is 51.2 Å². The van der Waals surface area contributed by atoms with Crippen LogP contribution in [0.2, 0.25) is 0 Å². The lowest BCUT2D eigenvalue weighted by Crippen LogP contribution is -2.38. The molecule has 0 saturated heterocycles. The van der Waals surface area contributed by atoms with Crippen molar-refractivity contribution in [2.45, 2.75) is 19.9 Å². The number of aryl methyl sites for hydroxylation is 2. The topological polar surface area (TPSA) is 89.5 Å². The van der Waals surface area contributed by atoms with Crippen molar-refractivity contribution in [3.8, 4) is 11.4 Å². The lowest BCUT2D eigenvalue weighted by atomic mass is 10.2. The van der Waals surface area contributed by atoms with Crippen molar-refractivity contribution < 1.29 is 4.57 Å². The molecule has 0 atom stereocenters. The monoisotopic (exact) mass is 351 g/mol. The predicted molar refractivity (Wildman–Crippen MR) is 97.8 cm³/mol. The summed E-state index contributed by atoms with van der Waals surface area (Å²) >= 11 is 0. The van der Waals surface area contributed by atoms with E-state index in [1.54, 1.807) is 7.05 Å². The van der Waals surface area contributed by atoms with Crippen LogP contribution in [0.15, 0.2) is 39.9 Å². The number of nitrogens with zero attached hydrogens (tertiary/aromatic N) is 5. The van der Waals surface area contributed by atoms with Crippen molar-refractivity contribution in [2.24, 2.45) is 14.1 Å². The van der Waals surface area contributed by atoms with Gasteiger partial charge < -0.3 is 0 Å². The van der Waals surface area contributed by atoms with Crippen LogP contribution < -0.4 is 15.8 Å². The summed E-state index contributed by atoms with van der Waals surface area (Å²) in [6.45, 7) is 2.81. The third-order valence-electron chi connectivity index (χ3n) is 4.61. The first-order valence-corrected chi connectivity index (χ1v) is 8.48. The number of hydrogen-bond acceptors (Lipinski definition) is 4. The maximum Gasteiger partial charge on any atom is 0.332 e. The number of imidazole rings is 1. The quantitative estimate of drug-likeness (QED) is 0.555. The Morgan fingerprint density at radius 2 is 1.81 bits per heavy atom. The summed E-state index contributed by atoms with van der Waals surface area (Å²) in [5, 5.41) is 8.87. The highest BCUT2D eigenvalue weighted by atomic mass is 16.2. The molecule has 4 rings (SSSR count). The van der Waals surface area contributed by atoms with E-state index in [4.69, 9.17) is 0 Å². The Kier molecular flexibility index (Phi) is 3.68. The van der Waals surface area contributed by atoms with Crippen molar-refractivity contribution in [1.82, 2.24) is 24.3 Å². The van der Waals surface area contributed by atoms with Gasteiger partial charge in [0.05, 0.1) is 6.54 Å². The maximum absolute atomic E-state index is 12.8. The Labute approximate surface area is 148 Å². The van der Waals surface area contributed by atoms with Gasteiger partial charge in [0, 0.05) is 24.8 Å². The van der Waals surface area contributed by atoms with Gasteiger partial charge >= 0.3 is 11.3 Å². The zero-order chi connectivity index (χ0) is 18.4. The van der Waals surface area contributed by atoms with E-state index in [9.17, 15) is 9.59 Å². The van der Waals surface area contributed by atoms with Crippen LogP contribution in [-0.2, 0) is 20.6 Å². The average Bonchev–Trinajstić information content (AvgIpc) is 3.03. The fraction of sp³-hybridized carbons (Fsp3) is 0.278. The first-order valence-electron chi connectivity index (χ1n) is 8.48. The van der Waals surface area contributed by atoms with Gasteiger partial charge in [0.2, 0.25) is 5.82 Å². The van der Waals surface area contributed by atoms with Gasteiger partial charge in [-0.1, -0.05) is 30.2 Å². The highest BCUT2D eigenvalue weighted by molar-refractivity contribution is 5.97. The van der Waals surface area contributed by atoms with Gasteiger partial charge in [-0.25, -0.2) is 9.36 Å². The van der Waals surface area contributed by atoms with E-state index in [-0.39, 0.29) is 11.2 Å². The largest absolute Gasteiger partial charge is 0.332 e. The highest BCUT2D eigenvalue weighted by Gasteiger charge is 2.26. The molecule has 0 bridgehead atoms. The number of benzene rings is 1. The van der Waals surface area contributed by atoms with Crippen LogP contribution >= 0.6 is 0 Å². The zero-order valence-corrected chi connectivity index (χ0v) is 14.9. The van der Waals surface area contributed by atoms with Crippen LogP contribution in [0.25, 0.3) is 33.6 Å². The molecule has 8 heteroatoms. The molecule has 0 amide bonds. The number of hydrogen-bond donors (Lipinski definition) is 1. The van der Waals surface area contributed by atoms with Crippen LogP contribution in [0.3, 0.4) is 0 Å². The second-order valence-corrected chi connectivity index (χ2v) is 6.29. The molecule has 0 fully saturated rings. The molecule has 0 radical (unpaired) electrons. The molecular formula is C18H19N6O2+. The molecular weight excluding hydrogens is 332 g/mol. The van der Waals surface area contributed by atoms with Gasteiger partial charge in [0.1, 0.15) is 5.39 Å². The molecule has 3 aromatic heterocycles. The van der Waals surface area contributed by atoms with Crippen molar-refractivity contribution >= 4 is 22.2 Å². The minimum atomic E-state index is -0.424. The fourth-order valence-corrected chi connectivity index (χ4v) is 3.29. The first-order chi connectivity index (χ1) is 12.5. The maximum atomic E-state index is 12.8. The fourth-order valence-electron chi connectivity index (χ4n) is 3.29. The van der Waals surface area contributed by atoms with Crippen LogP contribution in [0.5, 0.6) is 0 Å². The Morgan fingerprint density at radius 1 is 1.08 bits per heavy atom.